The van der Waals surface area contributed by atoms with Crippen LogP contribution in [0.4, 0.5) is 0 Å². The summed E-state index contributed by atoms with van der Waals surface area (Å²) in [6.45, 7) is 0.282. The molecule has 0 aliphatic heterocycles. The van der Waals surface area contributed by atoms with Crippen molar-refractivity contribution in [3.63, 3.8) is 0 Å². The van der Waals surface area contributed by atoms with Crippen LogP contribution in [0.1, 0.15) is 5.56 Å². The molecule has 4 aromatic rings. The summed E-state index contributed by atoms with van der Waals surface area (Å²) in [7, 11) is 1.61. The molecular formula is C22H20N4O3. The number of nitrogens with one attached hydrogen (secondary N) is 1. The second-order valence-corrected chi connectivity index (χ2v) is 6.51. The predicted molar refractivity (Wildman–Crippen MR) is 110 cm³/mol. The molecule has 7 heteroatoms. The molecule has 146 valence electrons. The molecule has 0 saturated heterocycles. The van der Waals surface area contributed by atoms with Crippen LogP contribution >= 0.6 is 0 Å². The Morgan fingerprint density at radius 2 is 1.79 bits per heavy atom. The van der Waals surface area contributed by atoms with Crippen molar-refractivity contribution in [1.29, 1.82) is 0 Å². The van der Waals surface area contributed by atoms with E-state index in [2.05, 4.69) is 10.3 Å². The quantitative estimate of drug-likeness (QED) is 0.551. The molecule has 29 heavy (non-hydrogen) atoms. The van der Waals surface area contributed by atoms with Crippen LogP contribution in [-0.4, -0.2) is 27.1 Å². The minimum atomic E-state index is -0.301. The third-order valence-electron chi connectivity index (χ3n) is 4.66. The Hall–Kier alpha value is -3.87. The summed E-state index contributed by atoms with van der Waals surface area (Å²) in [4.78, 5) is 29.9. The van der Waals surface area contributed by atoms with Crippen LogP contribution in [0.15, 0.2) is 77.7 Å². The number of imidazole rings is 1. The number of benzene rings is 2. The van der Waals surface area contributed by atoms with Gasteiger partial charge < -0.3 is 10.1 Å². The van der Waals surface area contributed by atoms with Crippen molar-refractivity contribution in [2.45, 2.75) is 13.1 Å². The zero-order valence-electron chi connectivity index (χ0n) is 15.9. The van der Waals surface area contributed by atoms with Gasteiger partial charge in [0.25, 0.3) is 0 Å². The average molecular weight is 388 g/mol. The lowest BCUT2D eigenvalue weighted by Crippen LogP contribution is -2.32. The minimum absolute atomic E-state index is 0.0863. The second-order valence-electron chi connectivity index (χ2n) is 6.51. The third-order valence-corrected chi connectivity index (χ3v) is 4.66. The lowest BCUT2D eigenvalue weighted by molar-refractivity contribution is -0.121. The Labute approximate surface area is 167 Å². The van der Waals surface area contributed by atoms with E-state index in [0.29, 0.717) is 23.4 Å². The summed E-state index contributed by atoms with van der Waals surface area (Å²) in [6, 6.07) is 20.3. The Balaban J connectivity index is 1.58. The van der Waals surface area contributed by atoms with Crippen molar-refractivity contribution in [1.82, 2.24) is 19.4 Å². The van der Waals surface area contributed by atoms with E-state index in [1.54, 1.807) is 25.4 Å². The first-order valence-corrected chi connectivity index (χ1v) is 9.18. The van der Waals surface area contributed by atoms with Crippen LogP contribution in [0.25, 0.3) is 16.9 Å². The number of fused-ring (bicyclic) bond motifs is 1. The van der Waals surface area contributed by atoms with E-state index in [4.69, 9.17) is 4.74 Å². The minimum Gasteiger partial charge on any atom is -0.497 e. The fraction of sp³-hybridized carbons (Fsp3) is 0.136. The molecule has 0 unspecified atom stereocenters. The van der Waals surface area contributed by atoms with Gasteiger partial charge in [0.1, 0.15) is 12.3 Å². The Morgan fingerprint density at radius 3 is 2.52 bits per heavy atom. The molecule has 0 saturated carbocycles. The average Bonchev–Trinajstić information content (AvgIpc) is 3.04. The number of nitrogens with zero attached hydrogens (tertiary/aromatic N) is 3. The Kier molecular flexibility index (Phi) is 5.11. The van der Waals surface area contributed by atoms with Gasteiger partial charge in [-0.1, -0.05) is 30.3 Å². The molecule has 0 atom stereocenters. The van der Waals surface area contributed by atoms with Crippen molar-refractivity contribution in [2.75, 3.05) is 7.11 Å². The molecule has 0 aliphatic carbocycles. The lowest BCUT2D eigenvalue weighted by Gasteiger charge is -2.07. The molecule has 4 rings (SSSR count). The van der Waals surface area contributed by atoms with Crippen molar-refractivity contribution < 1.29 is 9.53 Å². The number of pyridine rings is 1. The molecule has 0 aliphatic rings. The van der Waals surface area contributed by atoms with Gasteiger partial charge in [-0.15, -0.1) is 0 Å². The van der Waals surface area contributed by atoms with Gasteiger partial charge in [0.2, 0.25) is 5.91 Å². The molecule has 2 heterocycles. The summed E-state index contributed by atoms with van der Waals surface area (Å²) >= 11 is 0. The van der Waals surface area contributed by atoms with Gasteiger partial charge in [-0.3, -0.25) is 9.36 Å². The number of ether oxygens (including phenoxy) is 1. The van der Waals surface area contributed by atoms with Crippen molar-refractivity contribution in [2.24, 2.45) is 0 Å². The standard InChI is InChI=1S/C22H20N4O3/c1-29-18-11-9-16(10-12-18)14-24-20(27)15-25-19-8-5-13-23-21(19)26(22(25)28)17-6-3-2-4-7-17/h2-13H,14-15H2,1H3,(H,24,27). The smallest absolute Gasteiger partial charge is 0.335 e. The van der Waals surface area contributed by atoms with E-state index in [1.165, 1.54) is 9.13 Å². The number of methoxy groups -OCH3 is 1. The van der Waals surface area contributed by atoms with E-state index in [-0.39, 0.29) is 18.1 Å². The number of hydrogen-bond donors (Lipinski definition) is 1. The summed E-state index contributed by atoms with van der Waals surface area (Å²) in [5.74, 6) is 0.506. The highest BCUT2D eigenvalue weighted by Gasteiger charge is 2.17. The molecule has 0 bridgehead atoms. The van der Waals surface area contributed by atoms with Crippen molar-refractivity contribution >= 4 is 17.1 Å². The van der Waals surface area contributed by atoms with Gasteiger partial charge in [0.15, 0.2) is 5.65 Å². The molecular weight excluding hydrogens is 368 g/mol. The van der Waals surface area contributed by atoms with E-state index >= 15 is 0 Å². The summed E-state index contributed by atoms with van der Waals surface area (Å²) in [6.07, 6.45) is 1.63. The Morgan fingerprint density at radius 1 is 1.03 bits per heavy atom. The number of aromatic nitrogens is 3. The molecule has 0 spiro atoms. The second kappa shape index (κ2) is 8.02. The lowest BCUT2D eigenvalue weighted by atomic mass is 10.2. The summed E-state index contributed by atoms with van der Waals surface area (Å²) in [5.41, 5.74) is 2.48. The highest BCUT2D eigenvalue weighted by Crippen LogP contribution is 2.15. The van der Waals surface area contributed by atoms with Crippen LogP contribution in [0, 0.1) is 0 Å². The third kappa shape index (κ3) is 3.75. The molecule has 2 aromatic heterocycles. The number of carbonyl (C=O) groups is 1. The molecule has 7 nitrogen and oxygen atoms in total. The zero-order valence-corrected chi connectivity index (χ0v) is 15.9. The molecule has 2 aromatic carbocycles. The van der Waals surface area contributed by atoms with Crippen LogP contribution in [0.5, 0.6) is 5.75 Å². The SMILES string of the molecule is COc1ccc(CNC(=O)Cn2c(=O)n(-c3ccccc3)c3ncccc32)cc1. The summed E-state index contributed by atoms with van der Waals surface area (Å²) < 4.78 is 8.10. The van der Waals surface area contributed by atoms with Gasteiger partial charge in [-0.2, -0.15) is 0 Å². The van der Waals surface area contributed by atoms with E-state index < -0.39 is 0 Å². The first-order valence-electron chi connectivity index (χ1n) is 9.18. The first-order chi connectivity index (χ1) is 14.2. The van der Waals surface area contributed by atoms with E-state index in [1.807, 2.05) is 54.6 Å². The van der Waals surface area contributed by atoms with Gasteiger partial charge in [-0.25, -0.2) is 14.3 Å². The zero-order chi connectivity index (χ0) is 20.2. The molecule has 1 N–H and O–H groups in total. The topological polar surface area (TPSA) is 78.1 Å². The maximum atomic E-state index is 13.1. The van der Waals surface area contributed by atoms with Crippen LogP contribution in [-0.2, 0) is 17.9 Å². The number of rotatable bonds is 6. The number of para-hydroxylation sites is 1. The highest BCUT2D eigenvalue weighted by atomic mass is 16.5. The number of amides is 1. The monoisotopic (exact) mass is 388 g/mol. The van der Waals surface area contributed by atoms with Gasteiger partial charge >= 0.3 is 5.69 Å². The van der Waals surface area contributed by atoms with Crippen molar-refractivity contribution in [3.8, 4) is 11.4 Å². The van der Waals surface area contributed by atoms with E-state index in [0.717, 1.165) is 11.3 Å². The summed E-state index contributed by atoms with van der Waals surface area (Å²) in [5, 5.41) is 2.86. The number of hydrogen-bond acceptors (Lipinski definition) is 4. The normalized spacial score (nSPS) is 10.8. The van der Waals surface area contributed by atoms with Crippen LogP contribution < -0.4 is 15.7 Å². The van der Waals surface area contributed by atoms with Gasteiger partial charge in [-0.05, 0) is 42.0 Å². The van der Waals surface area contributed by atoms with Crippen LogP contribution in [0.3, 0.4) is 0 Å². The molecule has 0 radical (unpaired) electrons. The molecule has 0 fully saturated rings. The Bertz CT molecular complexity index is 1190. The predicted octanol–water partition coefficient (Wildman–Crippen LogP) is 2.51. The highest BCUT2D eigenvalue weighted by molar-refractivity contribution is 5.80. The number of carbonyl (C=O) groups excluding carboxylic acids is 1. The van der Waals surface area contributed by atoms with E-state index in [9.17, 15) is 9.59 Å². The van der Waals surface area contributed by atoms with Crippen LogP contribution in [0.2, 0.25) is 0 Å². The largest absolute Gasteiger partial charge is 0.497 e. The fourth-order valence-corrected chi connectivity index (χ4v) is 3.19. The molecule has 1 amide bonds. The van der Waals surface area contributed by atoms with Gasteiger partial charge in [0.05, 0.1) is 18.3 Å². The maximum Gasteiger partial charge on any atom is 0.335 e. The fourth-order valence-electron chi connectivity index (χ4n) is 3.19. The first kappa shape index (κ1) is 18.5. The maximum absolute atomic E-state index is 13.1. The van der Waals surface area contributed by atoms with Crippen molar-refractivity contribution in [3.05, 3.63) is 89.0 Å². The van der Waals surface area contributed by atoms with Gasteiger partial charge in [0, 0.05) is 12.7 Å².